The Morgan fingerprint density at radius 3 is 2.80 bits per heavy atom. The van der Waals surface area contributed by atoms with Gasteiger partial charge in [0.05, 0.1) is 5.71 Å². The standard InChI is InChI=1S/C13H12Cl2N4O/c1-7-5-12(20)17-13(16-7)19-18-8(2)10-6-9(14)3-4-11(10)15/h3-6H,1-2H3,(H2,16,17,19,20)/b18-8+. The molecule has 1 aromatic heterocycles. The number of hydrogen-bond acceptors (Lipinski definition) is 4. The number of hydrazone groups is 1. The maximum Gasteiger partial charge on any atom is 0.252 e. The van der Waals surface area contributed by atoms with Gasteiger partial charge in [-0.25, -0.2) is 10.4 Å². The minimum Gasteiger partial charge on any atom is -0.291 e. The fourth-order valence-electron chi connectivity index (χ4n) is 1.60. The van der Waals surface area contributed by atoms with Crippen molar-refractivity contribution < 1.29 is 0 Å². The molecular weight excluding hydrogens is 299 g/mol. The van der Waals surface area contributed by atoms with E-state index >= 15 is 0 Å². The summed E-state index contributed by atoms with van der Waals surface area (Å²) in [5, 5.41) is 5.25. The fraction of sp³-hybridized carbons (Fsp3) is 0.154. The van der Waals surface area contributed by atoms with Crippen LogP contribution >= 0.6 is 23.2 Å². The maximum absolute atomic E-state index is 11.3. The predicted octanol–water partition coefficient (Wildman–Crippen LogP) is 3.22. The summed E-state index contributed by atoms with van der Waals surface area (Å²) in [5.74, 6) is 0.271. The Balaban J connectivity index is 2.26. The molecule has 0 atom stereocenters. The van der Waals surface area contributed by atoms with Crippen LogP contribution in [0.3, 0.4) is 0 Å². The van der Waals surface area contributed by atoms with E-state index in [1.165, 1.54) is 6.07 Å². The van der Waals surface area contributed by atoms with E-state index in [9.17, 15) is 4.79 Å². The summed E-state index contributed by atoms with van der Waals surface area (Å²) in [6.45, 7) is 3.50. The number of halogens is 2. The smallest absolute Gasteiger partial charge is 0.252 e. The first kappa shape index (κ1) is 14.6. The van der Waals surface area contributed by atoms with Gasteiger partial charge in [0.25, 0.3) is 5.56 Å². The van der Waals surface area contributed by atoms with Crippen molar-refractivity contribution in [2.24, 2.45) is 5.10 Å². The summed E-state index contributed by atoms with van der Waals surface area (Å²) in [5.41, 5.74) is 4.39. The molecule has 2 N–H and O–H groups in total. The lowest BCUT2D eigenvalue weighted by molar-refractivity contribution is 1.04. The van der Waals surface area contributed by atoms with E-state index in [0.29, 0.717) is 27.0 Å². The highest BCUT2D eigenvalue weighted by Crippen LogP contribution is 2.21. The Labute approximate surface area is 125 Å². The van der Waals surface area contributed by atoms with E-state index < -0.39 is 0 Å². The molecule has 0 unspecified atom stereocenters. The van der Waals surface area contributed by atoms with Crippen molar-refractivity contribution in [3.63, 3.8) is 0 Å². The van der Waals surface area contributed by atoms with Crippen molar-refractivity contribution in [1.82, 2.24) is 9.97 Å². The van der Waals surface area contributed by atoms with Crippen LogP contribution < -0.4 is 11.0 Å². The first-order chi connectivity index (χ1) is 9.45. The van der Waals surface area contributed by atoms with Gasteiger partial charge in [-0.15, -0.1) is 0 Å². The number of aromatic nitrogens is 2. The molecule has 7 heteroatoms. The molecule has 20 heavy (non-hydrogen) atoms. The minimum atomic E-state index is -0.242. The number of anilines is 1. The molecule has 0 aliphatic rings. The molecule has 0 amide bonds. The Morgan fingerprint density at radius 2 is 2.10 bits per heavy atom. The van der Waals surface area contributed by atoms with E-state index in [1.807, 2.05) is 0 Å². The van der Waals surface area contributed by atoms with Crippen molar-refractivity contribution >= 4 is 34.9 Å². The van der Waals surface area contributed by atoms with Crippen LogP contribution in [0, 0.1) is 6.92 Å². The quantitative estimate of drug-likeness (QED) is 0.675. The van der Waals surface area contributed by atoms with Crippen LogP contribution in [-0.4, -0.2) is 15.7 Å². The summed E-state index contributed by atoms with van der Waals surface area (Å²) < 4.78 is 0. The highest BCUT2D eigenvalue weighted by molar-refractivity contribution is 6.36. The Morgan fingerprint density at radius 1 is 1.35 bits per heavy atom. The van der Waals surface area contributed by atoms with Crippen LogP contribution in [0.4, 0.5) is 5.95 Å². The summed E-state index contributed by atoms with van der Waals surface area (Å²) in [4.78, 5) is 17.9. The first-order valence-electron chi connectivity index (χ1n) is 5.79. The van der Waals surface area contributed by atoms with Crippen molar-refractivity contribution in [1.29, 1.82) is 0 Å². The summed E-state index contributed by atoms with van der Waals surface area (Å²) >= 11 is 12.0. The number of aryl methyl sites for hydroxylation is 1. The molecule has 0 fully saturated rings. The zero-order valence-corrected chi connectivity index (χ0v) is 12.4. The Hall–Kier alpha value is -1.85. The number of H-pyrrole nitrogens is 1. The number of rotatable bonds is 3. The molecule has 0 radical (unpaired) electrons. The molecule has 5 nitrogen and oxygen atoms in total. The van der Waals surface area contributed by atoms with Gasteiger partial charge in [-0.2, -0.15) is 5.10 Å². The second-order valence-corrected chi connectivity index (χ2v) is 5.01. The van der Waals surface area contributed by atoms with Gasteiger partial charge in [-0.1, -0.05) is 23.2 Å². The number of benzene rings is 1. The van der Waals surface area contributed by atoms with Crippen molar-refractivity contribution in [3.8, 4) is 0 Å². The van der Waals surface area contributed by atoms with E-state index in [1.54, 1.807) is 32.0 Å². The molecule has 1 aromatic carbocycles. The topological polar surface area (TPSA) is 70.1 Å². The fourth-order valence-corrected chi connectivity index (χ4v) is 2.03. The van der Waals surface area contributed by atoms with E-state index in [4.69, 9.17) is 23.2 Å². The summed E-state index contributed by atoms with van der Waals surface area (Å²) in [6, 6.07) is 6.52. The third kappa shape index (κ3) is 3.59. The molecule has 0 saturated carbocycles. The Kier molecular flexibility index (Phi) is 4.42. The van der Waals surface area contributed by atoms with E-state index in [-0.39, 0.29) is 11.5 Å². The lowest BCUT2D eigenvalue weighted by Gasteiger charge is -2.05. The van der Waals surface area contributed by atoms with Crippen molar-refractivity contribution in [2.75, 3.05) is 5.43 Å². The normalized spacial score (nSPS) is 11.5. The average molecular weight is 311 g/mol. The number of hydrogen-bond donors (Lipinski definition) is 2. The van der Waals surface area contributed by atoms with Gasteiger partial charge in [0.1, 0.15) is 0 Å². The molecule has 2 aromatic rings. The zero-order chi connectivity index (χ0) is 14.7. The van der Waals surface area contributed by atoms with Crippen LogP contribution in [-0.2, 0) is 0 Å². The molecule has 0 aliphatic carbocycles. The first-order valence-corrected chi connectivity index (χ1v) is 6.55. The maximum atomic E-state index is 11.3. The summed E-state index contributed by atoms with van der Waals surface area (Å²) in [7, 11) is 0. The van der Waals surface area contributed by atoms with Crippen LogP contribution in [0.25, 0.3) is 0 Å². The van der Waals surface area contributed by atoms with Gasteiger partial charge in [-0.3, -0.25) is 9.78 Å². The van der Waals surface area contributed by atoms with E-state index in [2.05, 4.69) is 20.5 Å². The van der Waals surface area contributed by atoms with Gasteiger partial charge < -0.3 is 0 Å². The van der Waals surface area contributed by atoms with Gasteiger partial charge >= 0.3 is 0 Å². The Bertz CT molecular complexity index is 725. The molecule has 0 saturated heterocycles. The monoisotopic (exact) mass is 310 g/mol. The lowest BCUT2D eigenvalue weighted by atomic mass is 10.1. The third-order valence-corrected chi connectivity index (χ3v) is 3.08. The molecule has 0 aliphatic heterocycles. The van der Waals surface area contributed by atoms with E-state index in [0.717, 1.165) is 0 Å². The van der Waals surface area contributed by atoms with Crippen molar-refractivity contribution in [2.45, 2.75) is 13.8 Å². The second-order valence-electron chi connectivity index (χ2n) is 4.17. The van der Waals surface area contributed by atoms with Crippen LogP contribution in [0.15, 0.2) is 34.2 Å². The lowest BCUT2D eigenvalue weighted by Crippen LogP contribution is -2.11. The summed E-state index contributed by atoms with van der Waals surface area (Å²) in [6.07, 6.45) is 0. The zero-order valence-electron chi connectivity index (χ0n) is 10.9. The van der Waals surface area contributed by atoms with Gasteiger partial charge in [0.15, 0.2) is 0 Å². The van der Waals surface area contributed by atoms with Gasteiger partial charge in [0.2, 0.25) is 5.95 Å². The van der Waals surface area contributed by atoms with Gasteiger partial charge in [0, 0.05) is 27.4 Å². The minimum absolute atomic E-state index is 0.242. The number of aromatic amines is 1. The molecule has 104 valence electrons. The van der Waals surface area contributed by atoms with Crippen LogP contribution in [0.1, 0.15) is 18.2 Å². The molecule has 2 rings (SSSR count). The number of nitrogens with one attached hydrogen (secondary N) is 2. The molecule has 1 heterocycles. The average Bonchev–Trinajstić information content (AvgIpc) is 2.38. The van der Waals surface area contributed by atoms with Crippen LogP contribution in [0.2, 0.25) is 10.0 Å². The van der Waals surface area contributed by atoms with Crippen molar-refractivity contribution in [3.05, 3.63) is 55.9 Å². The molecule has 0 spiro atoms. The number of nitrogens with zero attached hydrogens (tertiary/aromatic N) is 2. The molecular formula is C13H12Cl2N4O. The SMILES string of the molecule is C/C(=N\Nc1nc(C)cc(=O)[nH]1)c1cc(Cl)ccc1Cl. The predicted molar refractivity (Wildman–Crippen MR) is 81.9 cm³/mol. The highest BCUT2D eigenvalue weighted by atomic mass is 35.5. The largest absolute Gasteiger partial charge is 0.291 e. The highest BCUT2D eigenvalue weighted by Gasteiger charge is 2.05. The molecule has 0 bridgehead atoms. The third-order valence-electron chi connectivity index (χ3n) is 2.52. The van der Waals surface area contributed by atoms with Gasteiger partial charge in [-0.05, 0) is 32.0 Å². The van der Waals surface area contributed by atoms with Crippen LogP contribution in [0.5, 0.6) is 0 Å². The second kappa shape index (κ2) is 6.07.